The number of thiophene rings is 1. The molecule has 4 aromatic heterocycles. The van der Waals surface area contributed by atoms with Gasteiger partial charge in [-0.1, -0.05) is 121 Å². The summed E-state index contributed by atoms with van der Waals surface area (Å²) in [5.41, 5.74) is 2.32. The number of pyridine rings is 2. The van der Waals surface area contributed by atoms with Gasteiger partial charge < -0.3 is 0 Å². The van der Waals surface area contributed by atoms with Crippen molar-refractivity contribution in [3.63, 3.8) is 0 Å². The average Bonchev–Trinajstić information content (AvgIpc) is 3.66. The summed E-state index contributed by atoms with van der Waals surface area (Å²) < 4.78 is 3.61. The van der Waals surface area contributed by atoms with Crippen molar-refractivity contribution in [3.8, 4) is 5.82 Å². The first-order valence-corrected chi connectivity index (χ1v) is 18.0. The van der Waals surface area contributed by atoms with Crippen LogP contribution in [0, 0.1) is 0 Å². The van der Waals surface area contributed by atoms with Crippen LogP contribution >= 0.6 is 11.3 Å². The summed E-state index contributed by atoms with van der Waals surface area (Å²) in [5.74, 6) is 0.929. The Kier molecular flexibility index (Phi) is 6.01. The van der Waals surface area contributed by atoms with E-state index in [1.807, 2.05) is 12.3 Å². The zero-order valence-electron chi connectivity index (χ0n) is 24.3. The van der Waals surface area contributed by atoms with Crippen LogP contribution < -0.4 is 20.9 Å². The monoisotopic (exact) mass is 609 g/mol. The third-order valence-corrected chi connectivity index (χ3v) is 15.0. The van der Waals surface area contributed by atoms with Gasteiger partial charge in [-0.3, -0.25) is 4.57 Å². The van der Waals surface area contributed by atoms with E-state index in [1.165, 1.54) is 41.8 Å². The number of hydrogen-bond acceptors (Lipinski definition) is 3. The van der Waals surface area contributed by atoms with Gasteiger partial charge in [0.2, 0.25) is 8.07 Å². The fourth-order valence-corrected chi connectivity index (χ4v) is 13.5. The van der Waals surface area contributed by atoms with Crippen LogP contribution in [-0.2, 0) is 0 Å². The van der Waals surface area contributed by atoms with E-state index in [9.17, 15) is 0 Å². The van der Waals surface area contributed by atoms with Gasteiger partial charge in [-0.05, 0) is 52.0 Å². The lowest BCUT2D eigenvalue weighted by atomic mass is 10.2. The van der Waals surface area contributed by atoms with Crippen LogP contribution in [0.5, 0.6) is 0 Å². The van der Waals surface area contributed by atoms with Crippen LogP contribution in [0.2, 0.25) is 0 Å². The van der Waals surface area contributed by atoms with Gasteiger partial charge in [0.25, 0.3) is 0 Å². The van der Waals surface area contributed by atoms with Crippen molar-refractivity contribution in [2.24, 2.45) is 0 Å². The topological polar surface area (TPSA) is 30.7 Å². The molecule has 0 bridgehead atoms. The van der Waals surface area contributed by atoms with Crippen LogP contribution in [-0.4, -0.2) is 22.6 Å². The van der Waals surface area contributed by atoms with E-state index in [1.54, 1.807) is 11.3 Å². The van der Waals surface area contributed by atoms with Gasteiger partial charge in [0.15, 0.2) is 0 Å². The number of rotatable bonds is 5. The maximum atomic E-state index is 5.69. The summed E-state index contributed by atoms with van der Waals surface area (Å²) in [5, 5.41) is 9.99. The fourth-order valence-electron chi connectivity index (χ4n) is 7.14. The number of fused-ring (bicyclic) bond motifs is 6. The Labute approximate surface area is 265 Å². The predicted molar refractivity (Wildman–Crippen MR) is 193 cm³/mol. The molecule has 0 fully saturated rings. The number of hydrogen-bond donors (Lipinski definition) is 0. The van der Waals surface area contributed by atoms with Crippen LogP contribution in [0.1, 0.15) is 0 Å². The molecular weight excluding hydrogens is 583 g/mol. The van der Waals surface area contributed by atoms with Crippen molar-refractivity contribution in [2.45, 2.75) is 0 Å². The highest BCUT2D eigenvalue weighted by Crippen LogP contribution is 2.33. The van der Waals surface area contributed by atoms with Crippen LogP contribution in [0.4, 0.5) is 0 Å². The van der Waals surface area contributed by atoms with Crippen molar-refractivity contribution in [3.05, 3.63) is 164 Å². The van der Waals surface area contributed by atoms with E-state index in [2.05, 4.69) is 156 Å². The molecule has 0 unspecified atom stereocenters. The smallest absolute Gasteiger partial charge is 0.203 e. The zero-order valence-corrected chi connectivity index (χ0v) is 26.2. The lowest BCUT2D eigenvalue weighted by Crippen LogP contribution is -2.75. The Morgan fingerprint density at radius 1 is 0.489 bits per heavy atom. The first kappa shape index (κ1) is 26.1. The molecule has 0 amide bonds. The summed E-state index contributed by atoms with van der Waals surface area (Å²) in [7, 11) is -2.95. The van der Waals surface area contributed by atoms with Gasteiger partial charge in [-0.15, -0.1) is 11.3 Å². The molecule has 0 aliphatic rings. The number of para-hydroxylation sites is 2. The minimum absolute atomic E-state index is 0.929. The molecule has 5 aromatic carbocycles. The second-order valence-corrected chi connectivity index (χ2v) is 16.1. The highest BCUT2D eigenvalue weighted by atomic mass is 32.1. The number of nitrogens with zero attached hydrogens (tertiary/aromatic N) is 3. The summed E-state index contributed by atoms with van der Waals surface area (Å²) >= 11 is 1.80. The number of aromatic nitrogens is 3. The summed E-state index contributed by atoms with van der Waals surface area (Å²) in [4.78, 5) is 11.5. The van der Waals surface area contributed by atoms with Crippen LogP contribution in [0.15, 0.2) is 164 Å². The van der Waals surface area contributed by atoms with E-state index >= 15 is 0 Å². The molecule has 3 nitrogen and oxygen atoms in total. The van der Waals surface area contributed by atoms with E-state index in [0.717, 1.165) is 27.0 Å². The highest BCUT2D eigenvalue weighted by Gasteiger charge is 2.44. The second kappa shape index (κ2) is 10.4. The normalized spacial score (nSPS) is 12.0. The van der Waals surface area contributed by atoms with Crippen molar-refractivity contribution in [1.29, 1.82) is 0 Å². The van der Waals surface area contributed by atoms with Crippen molar-refractivity contribution in [2.75, 3.05) is 0 Å². The quantitative estimate of drug-likeness (QED) is 0.151. The van der Waals surface area contributed by atoms with Gasteiger partial charge in [0.1, 0.15) is 10.6 Å². The standard InChI is InChI=1S/C40H27N3SSi/c1-3-14-28(15-4-1)45(29-16-5-2-6-17-29,36-24-11-20-32-33-21-13-27-41-40(33)44-39(32)36)38-26-12-25-37(42-38)43-34-22-9-7-18-30(34)31-19-8-10-23-35(31)43/h1-27H. The van der Waals surface area contributed by atoms with Gasteiger partial charge >= 0.3 is 0 Å². The molecule has 45 heavy (non-hydrogen) atoms. The Hall–Kier alpha value is -5.36. The second-order valence-electron chi connectivity index (χ2n) is 11.4. The average molecular weight is 610 g/mol. The lowest BCUT2D eigenvalue weighted by Gasteiger charge is -2.34. The van der Waals surface area contributed by atoms with Crippen molar-refractivity contribution in [1.82, 2.24) is 14.5 Å². The molecule has 0 radical (unpaired) electrons. The van der Waals surface area contributed by atoms with Crippen LogP contribution in [0.3, 0.4) is 0 Å². The predicted octanol–water partition coefficient (Wildman–Crippen LogP) is 7.32. The maximum absolute atomic E-state index is 5.69. The van der Waals surface area contributed by atoms with Gasteiger partial charge in [-0.25, -0.2) is 9.97 Å². The molecule has 0 atom stereocenters. The summed E-state index contributed by atoms with van der Waals surface area (Å²) in [6.45, 7) is 0. The molecule has 5 heteroatoms. The molecule has 0 N–H and O–H groups in total. The van der Waals surface area contributed by atoms with Gasteiger partial charge in [0, 0.05) is 37.8 Å². The Bertz CT molecular complexity index is 2410. The van der Waals surface area contributed by atoms with Gasteiger partial charge in [0.05, 0.1) is 11.0 Å². The van der Waals surface area contributed by atoms with E-state index < -0.39 is 8.07 Å². The Morgan fingerprint density at radius 3 is 1.76 bits per heavy atom. The fraction of sp³-hybridized carbons (Fsp3) is 0. The molecule has 4 heterocycles. The zero-order chi connectivity index (χ0) is 29.8. The molecule has 0 aliphatic heterocycles. The molecule has 0 aliphatic carbocycles. The third-order valence-electron chi connectivity index (χ3n) is 9.02. The molecule has 0 spiro atoms. The first-order valence-electron chi connectivity index (χ1n) is 15.2. The van der Waals surface area contributed by atoms with Crippen molar-refractivity contribution < 1.29 is 0 Å². The highest BCUT2D eigenvalue weighted by molar-refractivity contribution is 7.30. The molecule has 0 saturated carbocycles. The number of benzene rings is 5. The van der Waals surface area contributed by atoms with E-state index in [0.29, 0.717) is 0 Å². The van der Waals surface area contributed by atoms with Crippen molar-refractivity contribution >= 4 is 82.4 Å². The summed E-state index contributed by atoms with van der Waals surface area (Å²) in [6.07, 6.45) is 1.90. The molecular formula is C40H27N3SSi. The summed E-state index contributed by atoms with van der Waals surface area (Å²) in [6, 6.07) is 57.1. The lowest BCUT2D eigenvalue weighted by molar-refractivity contribution is 1.09. The third kappa shape index (κ3) is 3.88. The minimum Gasteiger partial charge on any atom is -0.294 e. The van der Waals surface area contributed by atoms with E-state index in [-0.39, 0.29) is 0 Å². The first-order chi connectivity index (χ1) is 22.3. The molecule has 9 aromatic rings. The maximum Gasteiger partial charge on any atom is 0.203 e. The largest absolute Gasteiger partial charge is 0.294 e. The van der Waals surface area contributed by atoms with Crippen LogP contribution in [0.25, 0.3) is 47.9 Å². The SMILES string of the molecule is c1ccc([Si](c2ccccc2)(c2cccc(-n3c4ccccc4c4ccccc43)n2)c2cccc3c2sc2ncccc23)cc1. The van der Waals surface area contributed by atoms with Gasteiger partial charge in [-0.2, -0.15) is 0 Å². The molecule has 0 saturated heterocycles. The Balaban J connectivity index is 1.42. The Morgan fingerprint density at radius 2 is 1.07 bits per heavy atom. The molecule has 9 rings (SSSR count). The minimum atomic E-state index is -2.95. The molecule has 212 valence electrons. The van der Waals surface area contributed by atoms with E-state index in [4.69, 9.17) is 9.97 Å².